The molecular weight excluding hydrogens is 289 g/mol. The van der Waals surface area contributed by atoms with Gasteiger partial charge in [-0.2, -0.15) is 0 Å². The SMILES string of the molecule is CCOC(=O)c1cc(COc2ccc(F)cc2Cl)on1. The molecular formula is C13H11ClFNO4. The smallest absolute Gasteiger partial charge is 0.360 e. The first kappa shape index (κ1) is 14.3. The highest BCUT2D eigenvalue weighted by Crippen LogP contribution is 2.25. The third-order valence-electron chi connectivity index (χ3n) is 2.31. The number of halogens is 2. The number of aromatic nitrogens is 1. The van der Waals surface area contributed by atoms with Crippen LogP contribution in [0.25, 0.3) is 0 Å². The summed E-state index contributed by atoms with van der Waals surface area (Å²) in [6, 6.07) is 5.18. The van der Waals surface area contributed by atoms with E-state index in [4.69, 9.17) is 25.6 Å². The second-order valence-electron chi connectivity index (χ2n) is 3.76. The van der Waals surface area contributed by atoms with Gasteiger partial charge >= 0.3 is 5.97 Å². The van der Waals surface area contributed by atoms with Gasteiger partial charge in [0.25, 0.3) is 0 Å². The molecule has 0 amide bonds. The minimum atomic E-state index is -0.567. The van der Waals surface area contributed by atoms with E-state index in [1.54, 1.807) is 6.92 Å². The highest BCUT2D eigenvalue weighted by Gasteiger charge is 2.14. The molecule has 1 aromatic heterocycles. The van der Waals surface area contributed by atoms with Crippen molar-refractivity contribution < 1.29 is 23.2 Å². The summed E-state index contributed by atoms with van der Waals surface area (Å²) in [4.78, 5) is 11.4. The molecule has 20 heavy (non-hydrogen) atoms. The summed E-state index contributed by atoms with van der Waals surface area (Å²) in [5, 5.41) is 3.71. The molecule has 0 saturated heterocycles. The van der Waals surface area contributed by atoms with Crippen molar-refractivity contribution in [2.75, 3.05) is 6.61 Å². The molecule has 0 radical (unpaired) electrons. The highest BCUT2D eigenvalue weighted by atomic mass is 35.5. The Hall–Kier alpha value is -2.08. The van der Waals surface area contributed by atoms with E-state index < -0.39 is 11.8 Å². The Morgan fingerprint density at radius 1 is 1.45 bits per heavy atom. The van der Waals surface area contributed by atoms with E-state index in [1.807, 2.05) is 0 Å². The van der Waals surface area contributed by atoms with Gasteiger partial charge in [0.1, 0.15) is 18.2 Å². The summed E-state index contributed by atoms with van der Waals surface area (Å²) in [5.74, 6) is -0.385. The molecule has 0 aliphatic heterocycles. The molecule has 1 aromatic carbocycles. The lowest BCUT2D eigenvalue weighted by Crippen LogP contribution is -2.04. The molecule has 2 aromatic rings. The van der Waals surface area contributed by atoms with E-state index in [-0.39, 0.29) is 23.9 Å². The quantitative estimate of drug-likeness (QED) is 0.793. The molecule has 106 valence electrons. The summed E-state index contributed by atoms with van der Waals surface area (Å²) >= 11 is 5.81. The number of hydrogen-bond donors (Lipinski definition) is 0. The van der Waals surface area contributed by atoms with E-state index in [2.05, 4.69) is 5.16 Å². The maximum atomic E-state index is 12.9. The molecule has 0 unspecified atom stereocenters. The van der Waals surface area contributed by atoms with Gasteiger partial charge in [0.2, 0.25) is 0 Å². The number of carbonyl (C=O) groups is 1. The monoisotopic (exact) mass is 299 g/mol. The topological polar surface area (TPSA) is 61.6 Å². The number of rotatable bonds is 5. The first-order valence-corrected chi connectivity index (χ1v) is 6.18. The standard InChI is InChI=1S/C13H11ClFNO4/c1-2-18-13(17)11-6-9(20-16-11)7-19-12-4-3-8(15)5-10(12)14/h3-6H,2,7H2,1H3. The Morgan fingerprint density at radius 2 is 2.25 bits per heavy atom. The Labute approximate surface area is 119 Å². The van der Waals surface area contributed by atoms with E-state index in [1.165, 1.54) is 18.2 Å². The molecule has 1 heterocycles. The first-order valence-electron chi connectivity index (χ1n) is 5.80. The highest BCUT2D eigenvalue weighted by molar-refractivity contribution is 6.32. The van der Waals surface area contributed by atoms with Gasteiger partial charge in [0.05, 0.1) is 11.6 Å². The number of carbonyl (C=O) groups excluding carboxylic acids is 1. The average molecular weight is 300 g/mol. The second-order valence-corrected chi connectivity index (χ2v) is 4.17. The van der Waals surface area contributed by atoms with Gasteiger partial charge in [0, 0.05) is 6.07 Å². The lowest BCUT2D eigenvalue weighted by Gasteiger charge is -2.05. The third-order valence-corrected chi connectivity index (χ3v) is 2.60. The molecule has 0 fully saturated rings. The van der Waals surface area contributed by atoms with Crippen LogP contribution in [0, 0.1) is 5.82 Å². The zero-order valence-electron chi connectivity index (χ0n) is 10.6. The van der Waals surface area contributed by atoms with E-state index in [9.17, 15) is 9.18 Å². The molecule has 0 aliphatic rings. The maximum absolute atomic E-state index is 12.9. The van der Waals surface area contributed by atoms with E-state index in [0.29, 0.717) is 11.5 Å². The van der Waals surface area contributed by atoms with E-state index in [0.717, 1.165) is 6.07 Å². The normalized spacial score (nSPS) is 10.3. The minimum Gasteiger partial charge on any atom is -0.484 e. The maximum Gasteiger partial charge on any atom is 0.360 e. The van der Waals surface area contributed by atoms with Crippen LogP contribution in [0.2, 0.25) is 5.02 Å². The molecule has 2 rings (SSSR count). The number of nitrogens with zero attached hydrogens (tertiary/aromatic N) is 1. The van der Waals surface area contributed by atoms with Gasteiger partial charge in [-0.1, -0.05) is 16.8 Å². The van der Waals surface area contributed by atoms with Gasteiger partial charge < -0.3 is 14.0 Å². The van der Waals surface area contributed by atoms with Crippen LogP contribution >= 0.6 is 11.6 Å². The van der Waals surface area contributed by atoms with Crippen molar-refractivity contribution in [3.8, 4) is 5.75 Å². The van der Waals surface area contributed by atoms with Crippen molar-refractivity contribution in [2.45, 2.75) is 13.5 Å². The van der Waals surface area contributed by atoms with E-state index >= 15 is 0 Å². The van der Waals surface area contributed by atoms with Crippen molar-refractivity contribution >= 4 is 17.6 Å². The van der Waals surface area contributed by atoms with Gasteiger partial charge in [-0.05, 0) is 25.1 Å². The molecule has 0 aliphatic carbocycles. The lowest BCUT2D eigenvalue weighted by molar-refractivity contribution is 0.0514. The van der Waals surface area contributed by atoms with Crippen LogP contribution in [0.5, 0.6) is 5.75 Å². The predicted molar refractivity (Wildman–Crippen MR) is 68.2 cm³/mol. The van der Waals surface area contributed by atoms with Crippen LogP contribution in [-0.2, 0) is 11.3 Å². The van der Waals surface area contributed by atoms with Crippen molar-refractivity contribution in [1.29, 1.82) is 0 Å². The molecule has 0 N–H and O–H groups in total. The van der Waals surface area contributed by atoms with Crippen LogP contribution in [0.15, 0.2) is 28.8 Å². The predicted octanol–water partition coefficient (Wildman–Crippen LogP) is 3.22. The Kier molecular flexibility index (Phi) is 4.57. The number of ether oxygens (including phenoxy) is 2. The lowest BCUT2D eigenvalue weighted by atomic mass is 10.3. The van der Waals surface area contributed by atoms with Crippen molar-refractivity contribution in [3.05, 3.63) is 46.6 Å². The molecule has 7 heteroatoms. The van der Waals surface area contributed by atoms with Crippen molar-refractivity contribution in [3.63, 3.8) is 0 Å². The summed E-state index contributed by atoms with van der Waals surface area (Å²) in [5.41, 5.74) is 0.0654. The van der Waals surface area contributed by atoms with Gasteiger partial charge in [-0.25, -0.2) is 9.18 Å². The Balaban J connectivity index is 1.99. The minimum absolute atomic E-state index is 0.0117. The largest absolute Gasteiger partial charge is 0.484 e. The number of benzene rings is 1. The summed E-state index contributed by atoms with van der Waals surface area (Å²) in [7, 11) is 0. The Bertz CT molecular complexity index is 614. The third kappa shape index (κ3) is 3.48. The second kappa shape index (κ2) is 6.38. The Morgan fingerprint density at radius 3 is 2.95 bits per heavy atom. The molecule has 0 bridgehead atoms. The van der Waals surface area contributed by atoms with Crippen LogP contribution in [0.4, 0.5) is 4.39 Å². The first-order chi connectivity index (χ1) is 9.60. The zero-order chi connectivity index (χ0) is 14.5. The molecule has 0 saturated carbocycles. The fourth-order valence-electron chi connectivity index (χ4n) is 1.42. The summed E-state index contributed by atoms with van der Waals surface area (Å²) in [6.07, 6.45) is 0. The van der Waals surface area contributed by atoms with Gasteiger partial charge in [-0.3, -0.25) is 0 Å². The number of hydrogen-bond acceptors (Lipinski definition) is 5. The van der Waals surface area contributed by atoms with Crippen LogP contribution < -0.4 is 4.74 Å². The van der Waals surface area contributed by atoms with Crippen LogP contribution in [0.3, 0.4) is 0 Å². The number of esters is 1. The fraction of sp³-hybridized carbons (Fsp3) is 0.231. The zero-order valence-corrected chi connectivity index (χ0v) is 11.3. The summed E-state index contributed by atoms with van der Waals surface area (Å²) < 4.78 is 27.9. The molecule has 0 atom stereocenters. The fourth-order valence-corrected chi connectivity index (χ4v) is 1.65. The van der Waals surface area contributed by atoms with Gasteiger partial charge in [-0.15, -0.1) is 0 Å². The molecule has 0 spiro atoms. The van der Waals surface area contributed by atoms with Crippen LogP contribution in [0.1, 0.15) is 23.2 Å². The van der Waals surface area contributed by atoms with Gasteiger partial charge in [0.15, 0.2) is 11.5 Å². The summed E-state index contributed by atoms with van der Waals surface area (Å²) in [6.45, 7) is 1.96. The average Bonchev–Trinajstić information content (AvgIpc) is 2.87. The van der Waals surface area contributed by atoms with Crippen molar-refractivity contribution in [1.82, 2.24) is 5.16 Å². The molecule has 5 nitrogen and oxygen atoms in total. The van der Waals surface area contributed by atoms with Crippen LogP contribution in [-0.4, -0.2) is 17.7 Å². The van der Waals surface area contributed by atoms with Crippen molar-refractivity contribution in [2.24, 2.45) is 0 Å².